The van der Waals surface area contributed by atoms with Gasteiger partial charge in [-0.1, -0.05) is 13.0 Å². The highest BCUT2D eigenvalue weighted by Gasteiger charge is 2.04. The van der Waals surface area contributed by atoms with E-state index in [1.54, 1.807) is 0 Å². The lowest BCUT2D eigenvalue weighted by atomic mass is 10.2. The van der Waals surface area contributed by atoms with Crippen molar-refractivity contribution < 1.29 is 9.47 Å². The molecule has 1 aromatic rings. The summed E-state index contributed by atoms with van der Waals surface area (Å²) in [6.45, 7) is 7.16. The van der Waals surface area contributed by atoms with Crippen LogP contribution in [0.5, 0.6) is 5.75 Å². The number of para-hydroxylation sites is 1. The molecule has 102 valence electrons. The predicted molar refractivity (Wildman–Crippen MR) is 76.2 cm³/mol. The van der Waals surface area contributed by atoms with E-state index in [1.807, 2.05) is 25.1 Å². The molecule has 0 heterocycles. The van der Waals surface area contributed by atoms with E-state index in [2.05, 4.69) is 12.2 Å². The largest absolute Gasteiger partial charge is 0.491 e. The van der Waals surface area contributed by atoms with E-state index in [4.69, 9.17) is 15.2 Å². The summed E-state index contributed by atoms with van der Waals surface area (Å²) < 4.78 is 10.9. The summed E-state index contributed by atoms with van der Waals surface area (Å²) in [4.78, 5) is 0. The summed E-state index contributed by atoms with van der Waals surface area (Å²) in [6.07, 6.45) is 1.94. The molecule has 0 amide bonds. The molecular weight excluding hydrogens is 228 g/mol. The minimum absolute atomic E-state index is 0.683. The van der Waals surface area contributed by atoms with Gasteiger partial charge in [-0.25, -0.2) is 0 Å². The maximum atomic E-state index is 6.05. The van der Waals surface area contributed by atoms with Gasteiger partial charge in [-0.15, -0.1) is 0 Å². The van der Waals surface area contributed by atoms with Crippen LogP contribution in [0.1, 0.15) is 26.7 Å². The van der Waals surface area contributed by atoms with Crippen LogP contribution in [0.3, 0.4) is 0 Å². The zero-order valence-electron chi connectivity index (χ0n) is 11.4. The van der Waals surface area contributed by atoms with Crippen LogP contribution < -0.4 is 15.8 Å². The van der Waals surface area contributed by atoms with Gasteiger partial charge in [0.15, 0.2) is 0 Å². The van der Waals surface area contributed by atoms with Gasteiger partial charge in [0.1, 0.15) is 5.75 Å². The summed E-state index contributed by atoms with van der Waals surface area (Å²) in [6, 6.07) is 5.82. The zero-order chi connectivity index (χ0) is 13.2. The van der Waals surface area contributed by atoms with E-state index in [-0.39, 0.29) is 0 Å². The Balaban J connectivity index is 2.44. The van der Waals surface area contributed by atoms with Gasteiger partial charge in [0.25, 0.3) is 0 Å². The molecule has 0 aliphatic carbocycles. The molecule has 0 unspecified atom stereocenters. The van der Waals surface area contributed by atoms with Crippen LogP contribution in [0, 0.1) is 0 Å². The number of benzene rings is 1. The van der Waals surface area contributed by atoms with E-state index in [0.717, 1.165) is 44.0 Å². The number of hydrogen-bond acceptors (Lipinski definition) is 4. The van der Waals surface area contributed by atoms with Crippen molar-refractivity contribution in [2.75, 3.05) is 37.4 Å². The number of hydrogen-bond donors (Lipinski definition) is 2. The van der Waals surface area contributed by atoms with Gasteiger partial charge in [-0.05, 0) is 31.9 Å². The molecule has 0 atom stereocenters. The SMILES string of the molecule is CCCOc1cccc(NCCCOCC)c1N. The van der Waals surface area contributed by atoms with Crippen molar-refractivity contribution in [2.24, 2.45) is 0 Å². The van der Waals surface area contributed by atoms with Gasteiger partial charge in [0.05, 0.1) is 18.0 Å². The predicted octanol–water partition coefficient (Wildman–Crippen LogP) is 2.90. The Bertz CT molecular complexity index is 343. The summed E-state index contributed by atoms with van der Waals surface area (Å²) in [5.74, 6) is 0.756. The van der Waals surface area contributed by atoms with Crippen molar-refractivity contribution in [2.45, 2.75) is 26.7 Å². The second-order valence-electron chi connectivity index (χ2n) is 4.04. The first-order chi connectivity index (χ1) is 8.79. The molecule has 3 N–H and O–H groups in total. The molecule has 0 aliphatic rings. The van der Waals surface area contributed by atoms with Crippen molar-refractivity contribution in [1.29, 1.82) is 0 Å². The molecule has 0 bridgehead atoms. The molecule has 0 spiro atoms. The van der Waals surface area contributed by atoms with Crippen LogP contribution in [0.15, 0.2) is 18.2 Å². The van der Waals surface area contributed by atoms with Gasteiger partial charge < -0.3 is 20.5 Å². The zero-order valence-corrected chi connectivity index (χ0v) is 11.4. The first kappa shape index (κ1) is 14.6. The molecule has 0 fully saturated rings. The Morgan fingerprint density at radius 1 is 1.22 bits per heavy atom. The van der Waals surface area contributed by atoms with E-state index in [1.165, 1.54) is 0 Å². The number of ether oxygens (including phenoxy) is 2. The standard InChI is InChI=1S/C14H24N2O2/c1-3-10-18-13-8-5-7-12(14(13)15)16-9-6-11-17-4-2/h5,7-8,16H,3-4,6,9-11,15H2,1-2H3. The lowest BCUT2D eigenvalue weighted by molar-refractivity contribution is 0.147. The van der Waals surface area contributed by atoms with Crippen molar-refractivity contribution in [1.82, 2.24) is 0 Å². The molecule has 0 aliphatic heterocycles. The third-order valence-corrected chi connectivity index (χ3v) is 2.51. The maximum Gasteiger partial charge on any atom is 0.144 e. The van der Waals surface area contributed by atoms with E-state index < -0.39 is 0 Å². The summed E-state index contributed by atoms with van der Waals surface area (Å²) in [5, 5.41) is 3.30. The van der Waals surface area contributed by atoms with Gasteiger partial charge in [0.2, 0.25) is 0 Å². The van der Waals surface area contributed by atoms with Crippen LogP contribution in [-0.4, -0.2) is 26.4 Å². The Morgan fingerprint density at radius 2 is 2.06 bits per heavy atom. The Morgan fingerprint density at radius 3 is 2.78 bits per heavy atom. The fraction of sp³-hybridized carbons (Fsp3) is 0.571. The highest BCUT2D eigenvalue weighted by molar-refractivity contribution is 5.72. The Labute approximate surface area is 109 Å². The molecule has 1 aromatic carbocycles. The molecule has 4 nitrogen and oxygen atoms in total. The number of nitrogen functional groups attached to an aromatic ring is 1. The minimum Gasteiger partial charge on any atom is -0.491 e. The van der Waals surface area contributed by atoms with Crippen LogP contribution >= 0.6 is 0 Å². The van der Waals surface area contributed by atoms with Gasteiger partial charge in [-0.2, -0.15) is 0 Å². The highest BCUT2D eigenvalue weighted by Crippen LogP contribution is 2.29. The highest BCUT2D eigenvalue weighted by atomic mass is 16.5. The lowest BCUT2D eigenvalue weighted by Crippen LogP contribution is -2.08. The van der Waals surface area contributed by atoms with Crippen LogP contribution in [0.2, 0.25) is 0 Å². The number of nitrogens with one attached hydrogen (secondary N) is 1. The first-order valence-electron chi connectivity index (χ1n) is 6.62. The Hall–Kier alpha value is -1.42. The summed E-state index contributed by atoms with van der Waals surface area (Å²) >= 11 is 0. The smallest absolute Gasteiger partial charge is 0.144 e. The third-order valence-electron chi connectivity index (χ3n) is 2.51. The van der Waals surface area contributed by atoms with Crippen LogP contribution in [0.4, 0.5) is 11.4 Å². The summed E-state index contributed by atoms with van der Waals surface area (Å²) in [7, 11) is 0. The number of rotatable bonds is 9. The van der Waals surface area contributed by atoms with Gasteiger partial charge >= 0.3 is 0 Å². The van der Waals surface area contributed by atoms with Crippen molar-refractivity contribution in [3.05, 3.63) is 18.2 Å². The van der Waals surface area contributed by atoms with E-state index in [9.17, 15) is 0 Å². The molecule has 18 heavy (non-hydrogen) atoms. The van der Waals surface area contributed by atoms with Crippen LogP contribution in [-0.2, 0) is 4.74 Å². The molecule has 0 saturated carbocycles. The van der Waals surface area contributed by atoms with E-state index >= 15 is 0 Å². The Kier molecular flexibility index (Phi) is 7.03. The molecule has 0 radical (unpaired) electrons. The molecule has 0 saturated heterocycles. The fourth-order valence-electron chi connectivity index (χ4n) is 1.58. The molecule has 0 aromatic heterocycles. The average molecular weight is 252 g/mol. The maximum absolute atomic E-state index is 6.05. The van der Waals surface area contributed by atoms with Crippen molar-refractivity contribution in [3.63, 3.8) is 0 Å². The topological polar surface area (TPSA) is 56.5 Å². The monoisotopic (exact) mass is 252 g/mol. The molecule has 4 heteroatoms. The number of nitrogens with two attached hydrogens (primary N) is 1. The number of anilines is 2. The second kappa shape index (κ2) is 8.64. The van der Waals surface area contributed by atoms with Gasteiger partial charge in [0, 0.05) is 19.8 Å². The molecule has 1 rings (SSSR count). The minimum atomic E-state index is 0.683. The fourth-order valence-corrected chi connectivity index (χ4v) is 1.58. The van der Waals surface area contributed by atoms with Gasteiger partial charge in [-0.3, -0.25) is 0 Å². The first-order valence-corrected chi connectivity index (χ1v) is 6.62. The van der Waals surface area contributed by atoms with E-state index in [0.29, 0.717) is 12.3 Å². The molecular formula is C14H24N2O2. The lowest BCUT2D eigenvalue weighted by Gasteiger charge is -2.13. The van der Waals surface area contributed by atoms with Crippen molar-refractivity contribution in [3.8, 4) is 5.75 Å². The van der Waals surface area contributed by atoms with Crippen LogP contribution in [0.25, 0.3) is 0 Å². The van der Waals surface area contributed by atoms with Crippen molar-refractivity contribution >= 4 is 11.4 Å². The normalized spacial score (nSPS) is 10.3. The third kappa shape index (κ3) is 4.84. The second-order valence-corrected chi connectivity index (χ2v) is 4.04. The quantitative estimate of drug-likeness (QED) is 0.524. The average Bonchev–Trinajstić information content (AvgIpc) is 2.39. The summed E-state index contributed by atoms with van der Waals surface area (Å²) in [5.41, 5.74) is 7.66.